The van der Waals surface area contributed by atoms with Crippen molar-refractivity contribution in [3.05, 3.63) is 47.8 Å². The lowest BCUT2D eigenvalue weighted by Gasteiger charge is -2.39. The van der Waals surface area contributed by atoms with Gasteiger partial charge in [-0.2, -0.15) is 5.26 Å². The zero-order valence-corrected chi connectivity index (χ0v) is 15.9. The summed E-state index contributed by atoms with van der Waals surface area (Å²) in [5, 5.41) is 25.1. The van der Waals surface area contributed by atoms with Gasteiger partial charge in [0, 0.05) is 18.6 Å². The van der Waals surface area contributed by atoms with E-state index in [0.717, 1.165) is 37.8 Å². The fraction of sp³-hybridized carbons (Fsp3) is 0.500. The Balaban J connectivity index is 1.58. The van der Waals surface area contributed by atoms with Crippen LogP contribution >= 0.6 is 0 Å². The monoisotopic (exact) mass is 398 g/mol. The minimum Gasteiger partial charge on any atom is -0.465 e. The first kappa shape index (κ1) is 19.3. The van der Waals surface area contributed by atoms with E-state index in [2.05, 4.69) is 20.3 Å². The highest BCUT2D eigenvalue weighted by molar-refractivity contribution is 5.64. The topological polar surface area (TPSA) is 107 Å². The number of aromatic nitrogens is 3. The minimum atomic E-state index is -1.00. The van der Waals surface area contributed by atoms with Crippen LogP contribution in [0.2, 0.25) is 0 Å². The maximum Gasteiger partial charge on any atom is 0.404 e. The SMILES string of the molecule is N#Cc1ncn(C2CC(c3ccc(F)cc3)CC2N2CCC[C@@H](NC(=O)O)C2)n1. The number of nitrogens with zero attached hydrogens (tertiary/aromatic N) is 5. The fourth-order valence-electron chi connectivity index (χ4n) is 4.76. The molecule has 1 aliphatic carbocycles. The molecule has 1 aromatic heterocycles. The van der Waals surface area contributed by atoms with Crippen LogP contribution in [0.1, 0.15) is 49.0 Å². The molecular weight excluding hydrogens is 375 g/mol. The van der Waals surface area contributed by atoms with E-state index in [1.807, 2.05) is 18.2 Å². The van der Waals surface area contributed by atoms with Crippen LogP contribution in [0.4, 0.5) is 9.18 Å². The first-order chi connectivity index (χ1) is 14.0. The average Bonchev–Trinajstić information content (AvgIpc) is 3.35. The number of piperidine rings is 1. The summed E-state index contributed by atoms with van der Waals surface area (Å²) < 4.78 is 15.1. The van der Waals surface area contributed by atoms with Crippen molar-refractivity contribution in [1.29, 1.82) is 5.26 Å². The minimum absolute atomic E-state index is 0.0169. The van der Waals surface area contributed by atoms with Crippen molar-refractivity contribution in [1.82, 2.24) is 25.0 Å². The van der Waals surface area contributed by atoms with E-state index >= 15 is 0 Å². The van der Waals surface area contributed by atoms with Crippen LogP contribution in [0.5, 0.6) is 0 Å². The summed E-state index contributed by atoms with van der Waals surface area (Å²) >= 11 is 0. The number of nitriles is 1. The Hall–Kier alpha value is -2.99. The number of likely N-dealkylation sites (tertiary alicyclic amines) is 1. The second-order valence-electron chi connectivity index (χ2n) is 7.80. The van der Waals surface area contributed by atoms with Gasteiger partial charge in [-0.1, -0.05) is 12.1 Å². The Morgan fingerprint density at radius 2 is 2.03 bits per heavy atom. The van der Waals surface area contributed by atoms with Gasteiger partial charge in [0.25, 0.3) is 5.82 Å². The summed E-state index contributed by atoms with van der Waals surface area (Å²) in [5.41, 5.74) is 1.08. The molecule has 4 rings (SSSR count). The van der Waals surface area contributed by atoms with Gasteiger partial charge in [0.1, 0.15) is 18.2 Å². The Morgan fingerprint density at radius 3 is 2.72 bits per heavy atom. The molecule has 0 radical (unpaired) electrons. The summed E-state index contributed by atoms with van der Waals surface area (Å²) in [6, 6.07) is 8.64. The second-order valence-corrected chi connectivity index (χ2v) is 7.80. The highest BCUT2D eigenvalue weighted by atomic mass is 19.1. The lowest BCUT2D eigenvalue weighted by atomic mass is 9.97. The number of hydrogen-bond acceptors (Lipinski definition) is 5. The van der Waals surface area contributed by atoms with Crippen LogP contribution in [0.15, 0.2) is 30.6 Å². The van der Waals surface area contributed by atoms with E-state index in [4.69, 9.17) is 10.4 Å². The van der Waals surface area contributed by atoms with Crippen molar-refractivity contribution in [2.75, 3.05) is 13.1 Å². The lowest BCUT2D eigenvalue weighted by molar-refractivity contribution is 0.107. The van der Waals surface area contributed by atoms with Gasteiger partial charge in [0.05, 0.1) is 6.04 Å². The fourth-order valence-corrected chi connectivity index (χ4v) is 4.76. The summed E-state index contributed by atoms with van der Waals surface area (Å²) in [6.07, 6.45) is 3.99. The smallest absolute Gasteiger partial charge is 0.404 e. The molecule has 4 atom stereocenters. The maximum absolute atomic E-state index is 13.4. The number of amides is 1. The van der Waals surface area contributed by atoms with Crippen molar-refractivity contribution in [3.8, 4) is 6.07 Å². The van der Waals surface area contributed by atoms with Crippen LogP contribution in [0.3, 0.4) is 0 Å². The Labute approximate surface area is 168 Å². The normalized spacial score (nSPS) is 27.4. The van der Waals surface area contributed by atoms with Gasteiger partial charge in [-0.25, -0.2) is 18.9 Å². The lowest BCUT2D eigenvalue weighted by Crippen LogP contribution is -2.51. The van der Waals surface area contributed by atoms with Gasteiger partial charge >= 0.3 is 6.09 Å². The Bertz CT molecular complexity index is 908. The molecule has 2 aromatic rings. The first-order valence-corrected chi connectivity index (χ1v) is 9.83. The molecule has 2 aliphatic rings. The molecule has 152 valence electrons. The van der Waals surface area contributed by atoms with E-state index in [1.165, 1.54) is 12.1 Å². The molecule has 8 nitrogen and oxygen atoms in total. The van der Waals surface area contributed by atoms with Crippen LogP contribution in [-0.4, -0.2) is 56.0 Å². The molecule has 0 bridgehead atoms. The number of rotatable bonds is 4. The molecule has 29 heavy (non-hydrogen) atoms. The summed E-state index contributed by atoms with van der Waals surface area (Å²) in [5.74, 6) is 0.111. The van der Waals surface area contributed by atoms with E-state index in [9.17, 15) is 9.18 Å². The summed E-state index contributed by atoms with van der Waals surface area (Å²) in [7, 11) is 0. The second kappa shape index (κ2) is 8.17. The zero-order chi connectivity index (χ0) is 20.4. The number of halogens is 1. The molecule has 2 heterocycles. The van der Waals surface area contributed by atoms with E-state index in [-0.39, 0.29) is 35.7 Å². The Kier molecular flexibility index (Phi) is 5.45. The molecule has 9 heteroatoms. The van der Waals surface area contributed by atoms with Gasteiger partial charge in [0.2, 0.25) is 0 Å². The van der Waals surface area contributed by atoms with Crippen molar-refractivity contribution in [2.24, 2.45) is 0 Å². The molecule has 1 aromatic carbocycles. The van der Waals surface area contributed by atoms with E-state index in [0.29, 0.717) is 6.54 Å². The number of hydrogen-bond donors (Lipinski definition) is 2. The number of nitrogens with one attached hydrogen (secondary N) is 1. The van der Waals surface area contributed by atoms with Crippen LogP contribution in [0.25, 0.3) is 0 Å². The predicted octanol–water partition coefficient (Wildman–Crippen LogP) is 2.51. The average molecular weight is 398 g/mol. The number of carbonyl (C=O) groups is 1. The largest absolute Gasteiger partial charge is 0.465 e. The standard InChI is InChI=1S/C20H23FN6O2/c21-15-5-3-13(4-6-15)14-8-17(18(9-14)27-12-23-19(10-22)25-27)26-7-1-2-16(11-26)24-20(28)29/h3-6,12,14,16-18,24H,1-2,7-9,11H2,(H,28,29)/t14?,16-,17?,18?/m1/s1. The zero-order valence-electron chi connectivity index (χ0n) is 15.9. The van der Waals surface area contributed by atoms with E-state index in [1.54, 1.807) is 11.0 Å². The molecule has 1 saturated heterocycles. The van der Waals surface area contributed by atoms with Crippen molar-refractivity contribution < 1.29 is 14.3 Å². The maximum atomic E-state index is 13.4. The third-order valence-corrected chi connectivity index (χ3v) is 6.04. The van der Waals surface area contributed by atoms with Gasteiger partial charge in [-0.15, -0.1) is 5.10 Å². The molecule has 1 amide bonds. The molecular formula is C20H23FN6O2. The third kappa shape index (κ3) is 4.22. The predicted molar refractivity (Wildman–Crippen MR) is 102 cm³/mol. The van der Waals surface area contributed by atoms with Crippen LogP contribution < -0.4 is 5.32 Å². The first-order valence-electron chi connectivity index (χ1n) is 9.83. The van der Waals surface area contributed by atoms with Crippen molar-refractivity contribution in [3.63, 3.8) is 0 Å². The van der Waals surface area contributed by atoms with Gasteiger partial charge in [-0.05, 0) is 55.8 Å². The molecule has 2 fully saturated rings. The third-order valence-electron chi connectivity index (χ3n) is 6.04. The summed E-state index contributed by atoms with van der Waals surface area (Å²) in [6.45, 7) is 1.53. The summed E-state index contributed by atoms with van der Waals surface area (Å²) in [4.78, 5) is 17.4. The quantitative estimate of drug-likeness (QED) is 0.820. The highest BCUT2D eigenvalue weighted by Gasteiger charge is 2.41. The molecule has 0 spiro atoms. The highest BCUT2D eigenvalue weighted by Crippen LogP contribution is 2.44. The van der Waals surface area contributed by atoms with Gasteiger partial charge in [-0.3, -0.25) is 4.90 Å². The Morgan fingerprint density at radius 1 is 1.28 bits per heavy atom. The number of carboxylic acid groups (broad SMARTS) is 1. The number of benzene rings is 1. The van der Waals surface area contributed by atoms with Gasteiger partial charge in [0.15, 0.2) is 0 Å². The van der Waals surface area contributed by atoms with Gasteiger partial charge < -0.3 is 10.4 Å². The van der Waals surface area contributed by atoms with Crippen LogP contribution in [0, 0.1) is 17.1 Å². The van der Waals surface area contributed by atoms with Crippen molar-refractivity contribution >= 4 is 6.09 Å². The van der Waals surface area contributed by atoms with Crippen LogP contribution in [-0.2, 0) is 0 Å². The molecule has 1 saturated carbocycles. The van der Waals surface area contributed by atoms with Crippen molar-refractivity contribution in [2.45, 2.75) is 49.7 Å². The van der Waals surface area contributed by atoms with E-state index < -0.39 is 6.09 Å². The molecule has 1 aliphatic heterocycles. The molecule has 2 N–H and O–H groups in total. The molecule has 3 unspecified atom stereocenters.